The third-order valence-electron chi connectivity index (χ3n) is 3.67. The van der Waals surface area contributed by atoms with Gasteiger partial charge in [0.2, 0.25) is 5.88 Å². The predicted octanol–water partition coefficient (Wildman–Crippen LogP) is 5.44. The van der Waals surface area contributed by atoms with Gasteiger partial charge in [0, 0.05) is 0 Å². The lowest BCUT2D eigenvalue weighted by molar-refractivity contribution is 0.462. The zero-order valence-corrected chi connectivity index (χ0v) is 14.6. The Labute approximate surface area is 141 Å². The number of para-hydroxylation sites is 1. The Morgan fingerprint density at radius 1 is 0.913 bits per heavy atom. The van der Waals surface area contributed by atoms with Gasteiger partial charge in [-0.25, -0.2) is 4.98 Å². The van der Waals surface area contributed by atoms with E-state index in [1.807, 2.05) is 42.7 Å². The van der Waals surface area contributed by atoms with Gasteiger partial charge in [-0.1, -0.05) is 56.8 Å². The lowest BCUT2D eigenvalue weighted by atomic mass is 9.87. The molecule has 1 aromatic heterocycles. The maximum atomic E-state index is 6.04. The highest BCUT2D eigenvalue weighted by atomic mass is 32.2. The zero-order chi connectivity index (χ0) is 16.4. The molecule has 0 unspecified atom stereocenters. The largest absolute Gasteiger partial charge is 0.438 e. The average Bonchev–Trinajstić information content (AvgIpc) is 2.54. The topological polar surface area (TPSA) is 35.0 Å². The van der Waals surface area contributed by atoms with Crippen molar-refractivity contribution in [1.29, 1.82) is 0 Å². The Morgan fingerprint density at radius 3 is 2.26 bits per heavy atom. The molecular weight excluding hydrogens is 304 g/mol. The summed E-state index contributed by atoms with van der Waals surface area (Å²) in [6, 6.07) is 16.1. The first kappa shape index (κ1) is 15.8. The Bertz CT molecular complexity index is 823. The summed E-state index contributed by atoms with van der Waals surface area (Å²) < 4.78 is 6.04. The van der Waals surface area contributed by atoms with Crippen molar-refractivity contribution in [2.24, 2.45) is 0 Å². The number of hydrogen-bond acceptors (Lipinski definition) is 4. The second-order valence-electron chi connectivity index (χ2n) is 6.41. The van der Waals surface area contributed by atoms with Crippen LogP contribution in [0.2, 0.25) is 0 Å². The molecule has 0 aliphatic rings. The quantitative estimate of drug-likeness (QED) is 0.474. The van der Waals surface area contributed by atoms with E-state index in [1.165, 1.54) is 17.3 Å². The fraction of sp³-hybridized carbons (Fsp3) is 0.263. The Kier molecular flexibility index (Phi) is 4.26. The van der Waals surface area contributed by atoms with E-state index in [9.17, 15) is 0 Å². The normalized spacial score (nSPS) is 11.7. The van der Waals surface area contributed by atoms with E-state index in [2.05, 4.69) is 42.9 Å². The minimum absolute atomic E-state index is 0.131. The van der Waals surface area contributed by atoms with Gasteiger partial charge in [-0.15, -0.1) is 0 Å². The van der Waals surface area contributed by atoms with Crippen LogP contribution in [0.3, 0.4) is 0 Å². The molecule has 0 spiro atoms. The van der Waals surface area contributed by atoms with Crippen LogP contribution in [0, 0.1) is 0 Å². The maximum Gasteiger partial charge on any atom is 0.231 e. The Hall–Kier alpha value is -2.07. The molecule has 3 aromatic rings. The summed E-state index contributed by atoms with van der Waals surface area (Å²) >= 11 is 1.51. The van der Waals surface area contributed by atoms with Crippen LogP contribution in [0.5, 0.6) is 11.6 Å². The monoisotopic (exact) mass is 324 g/mol. The Balaban J connectivity index is 1.98. The lowest BCUT2D eigenvalue weighted by Gasteiger charge is -2.19. The highest BCUT2D eigenvalue weighted by molar-refractivity contribution is 7.98. The van der Waals surface area contributed by atoms with Gasteiger partial charge in [0.1, 0.15) is 5.75 Å². The first-order chi connectivity index (χ1) is 11.0. The second kappa shape index (κ2) is 6.20. The molecular formula is C19H20N2OS. The van der Waals surface area contributed by atoms with E-state index in [1.54, 1.807) is 0 Å². The second-order valence-corrected chi connectivity index (χ2v) is 7.18. The number of hydrogen-bond donors (Lipinski definition) is 0. The van der Waals surface area contributed by atoms with Crippen LogP contribution < -0.4 is 4.74 Å². The molecule has 0 amide bonds. The average molecular weight is 324 g/mol. The number of ether oxygens (including phenoxy) is 1. The van der Waals surface area contributed by atoms with Crippen molar-refractivity contribution >= 4 is 22.7 Å². The van der Waals surface area contributed by atoms with Crippen molar-refractivity contribution in [2.75, 3.05) is 6.26 Å². The molecule has 1 heterocycles. The van der Waals surface area contributed by atoms with Gasteiger partial charge in [0.15, 0.2) is 5.16 Å². The third-order valence-corrected chi connectivity index (χ3v) is 4.21. The highest BCUT2D eigenvalue weighted by Crippen LogP contribution is 2.30. The number of benzene rings is 2. The highest BCUT2D eigenvalue weighted by Gasteiger charge is 2.14. The summed E-state index contributed by atoms with van der Waals surface area (Å²) in [6.07, 6.45) is 1.96. The number of thioether (sulfide) groups is 1. The smallest absolute Gasteiger partial charge is 0.231 e. The number of fused-ring (bicyclic) bond motifs is 1. The first-order valence-electron chi connectivity index (χ1n) is 7.56. The minimum Gasteiger partial charge on any atom is -0.438 e. The fourth-order valence-corrected chi connectivity index (χ4v) is 2.69. The fourth-order valence-electron chi connectivity index (χ4n) is 2.33. The lowest BCUT2D eigenvalue weighted by Crippen LogP contribution is -2.10. The number of rotatable bonds is 3. The van der Waals surface area contributed by atoms with E-state index in [-0.39, 0.29) is 5.41 Å². The summed E-state index contributed by atoms with van der Waals surface area (Å²) in [5, 5.41) is 1.63. The van der Waals surface area contributed by atoms with Crippen LogP contribution in [0.1, 0.15) is 26.3 Å². The standard InChI is InChI=1S/C19H20N2OS/c1-19(2,3)13-9-11-14(12-10-13)22-17-15-7-5-6-8-16(15)20-18(21-17)23-4/h5-12H,1-4H3. The maximum absolute atomic E-state index is 6.04. The van der Waals surface area contributed by atoms with Crippen LogP contribution in [0.15, 0.2) is 53.7 Å². The van der Waals surface area contributed by atoms with Gasteiger partial charge < -0.3 is 4.74 Å². The molecule has 3 nitrogen and oxygen atoms in total. The van der Waals surface area contributed by atoms with E-state index in [0.717, 1.165) is 16.7 Å². The number of nitrogens with zero attached hydrogens (tertiary/aromatic N) is 2. The molecule has 0 bridgehead atoms. The van der Waals surface area contributed by atoms with Crippen molar-refractivity contribution in [3.63, 3.8) is 0 Å². The molecule has 0 aliphatic heterocycles. The summed E-state index contributed by atoms with van der Waals surface area (Å²) in [6.45, 7) is 6.60. The Morgan fingerprint density at radius 2 is 1.61 bits per heavy atom. The van der Waals surface area contributed by atoms with E-state index < -0.39 is 0 Å². The van der Waals surface area contributed by atoms with Crippen LogP contribution in [-0.2, 0) is 5.41 Å². The van der Waals surface area contributed by atoms with Gasteiger partial charge in [0.25, 0.3) is 0 Å². The molecule has 0 aliphatic carbocycles. The van der Waals surface area contributed by atoms with Crippen LogP contribution >= 0.6 is 11.8 Å². The molecule has 0 atom stereocenters. The van der Waals surface area contributed by atoms with Gasteiger partial charge in [0.05, 0.1) is 10.9 Å². The molecule has 2 aromatic carbocycles. The third kappa shape index (κ3) is 3.48. The number of aromatic nitrogens is 2. The zero-order valence-electron chi connectivity index (χ0n) is 13.8. The van der Waals surface area contributed by atoms with Crippen LogP contribution in [0.25, 0.3) is 10.9 Å². The van der Waals surface area contributed by atoms with Crippen LogP contribution in [0.4, 0.5) is 0 Å². The SMILES string of the molecule is CSc1nc(Oc2ccc(C(C)(C)C)cc2)c2ccccc2n1. The van der Waals surface area contributed by atoms with Crippen LogP contribution in [-0.4, -0.2) is 16.2 Å². The summed E-state index contributed by atoms with van der Waals surface area (Å²) in [5.74, 6) is 1.39. The minimum atomic E-state index is 0.131. The van der Waals surface area contributed by atoms with Crippen molar-refractivity contribution < 1.29 is 4.74 Å². The van der Waals surface area contributed by atoms with Gasteiger partial charge >= 0.3 is 0 Å². The van der Waals surface area contributed by atoms with E-state index in [0.29, 0.717) is 11.0 Å². The van der Waals surface area contributed by atoms with E-state index in [4.69, 9.17) is 4.74 Å². The molecule has 23 heavy (non-hydrogen) atoms. The van der Waals surface area contributed by atoms with Gasteiger partial charge in [-0.2, -0.15) is 4.98 Å². The molecule has 0 N–H and O–H groups in total. The molecule has 0 saturated heterocycles. The van der Waals surface area contributed by atoms with E-state index >= 15 is 0 Å². The molecule has 3 rings (SSSR count). The summed E-state index contributed by atoms with van der Waals surface area (Å²) in [7, 11) is 0. The molecule has 0 fully saturated rings. The van der Waals surface area contributed by atoms with Gasteiger partial charge in [-0.3, -0.25) is 0 Å². The molecule has 118 valence electrons. The molecule has 0 saturated carbocycles. The molecule has 4 heteroatoms. The van der Waals surface area contributed by atoms with Crippen molar-refractivity contribution in [1.82, 2.24) is 9.97 Å². The summed E-state index contributed by atoms with van der Waals surface area (Å²) in [4.78, 5) is 9.03. The van der Waals surface area contributed by atoms with Crippen molar-refractivity contribution in [3.8, 4) is 11.6 Å². The predicted molar refractivity (Wildman–Crippen MR) is 96.5 cm³/mol. The van der Waals surface area contributed by atoms with Crippen molar-refractivity contribution in [3.05, 3.63) is 54.1 Å². The van der Waals surface area contributed by atoms with Crippen molar-refractivity contribution in [2.45, 2.75) is 31.3 Å². The van der Waals surface area contributed by atoms with Gasteiger partial charge in [-0.05, 0) is 41.5 Å². The first-order valence-corrected chi connectivity index (χ1v) is 8.79. The molecule has 0 radical (unpaired) electrons. The summed E-state index contributed by atoms with van der Waals surface area (Å²) in [5.41, 5.74) is 2.31.